The Morgan fingerprint density at radius 3 is 2.61 bits per heavy atom. The topological polar surface area (TPSA) is 83.6 Å². The Kier molecular flexibility index (Phi) is 5.33. The molecule has 2 unspecified atom stereocenters. The summed E-state index contributed by atoms with van der Waals surface area (Å²) in [5.41, 5.74) is -0.867. The predicted molar refractivity (Wildman–Crippen MR) is 67.5 cm³/mol. The third-order valence-corrected chi connectivity index (χ3v) is 2.96. The molecule has 1 aromatic carbocycles. The maximum atomic E-state index is 13.4. The number of halogens is 2. The van der Waals surface area contributed by atoms with Crippen LogP contribution in [0.4, 0.5) is 10.1 Å². The lowest BCUT2D eigenvalue weighted by Gasteiger charge is -2.18. The number of nitrogens with zero attached hydrogens (tertiary/aromatic N) is 1. The summed E-state index contributed by atoms with van der Waals surface area (Å²) in [6.07, 6.45) is -2.40. The molecule has 0 aliphatic rings. The number of thiol groups is 1. The van der Waals surface area contributed by atoms with Crippen LogP contribution in [-0.4, -0.2) is 27.0 Å². The predicted octanol–water partition coefficient (Wildman–Crippen LogP) is 2.10. The van der Waals surface area contributed by atoms with Crippen LogP contribution >= 0.6 is 24.2 Å². The van der Waals surface area contributed by atoms with E-state index >= 15 is 0 Å². The number of hydrogen-bond donors (Lipinski definition) is 3. The minimum atomic E-state index is -1.42. The second-order valence-corrected chi connectivity index (χ2v) is 4.46. The smallest absolute Gasteiger partial charge is 0.306 e. The van der Waals surface area contributed by atoms with E-state index in [9.17, 15) is 24.7 Å². The minimum absolute atomic E-state index is 0.0888. The van der Waals surface area contributed by atoms with Crippen molar-refractivity contribution in [3.63, 3.8) is 0 Å². The Labute approximate surface area is 113 Å². The average molecular weight is 296 g/mol. The Morgan fingerprint density at radius 2 is 2.11 bits per heavy atom. The largest absolute Gasteiger partial charge is 0.390 e. The summed E-state index contributed by atoms with van der Waals surface area (Å²) in [6.45, 7) is 0. The van der Waals surface area contributed by atoms with Gasteiger partial charge in [0.1, 0.15) is 6.10 Å². The third kappa shape index (κ3) is 3.32. The van der Waals surface area contributed by atoms with Gasteiger partial charge in [0.15, 0.2) is 0 Å². The van der Waals surface area contributed by atoms with Gasteiger partial charge < -0.3 is 10.2 Å². The van der Waals surface area contributed by atoms with Crippen LogP contribution in [0.3, 0.4) is 0 Å². The average Bonchev–Trinajstić information content (AvgIpc) is 2.30. The van der Waals surface area contributed by atoms with E-state index in [1.165, 1.54) is 0 Å². The fourth-order valence-corrected chi connectivity index (χ4v) is 1.95. The van der Waals surface area contributed by atoms with Crippen molar-refractivity contribution in [2.45, 2.75) is 18.6 Å². The maximum absolute atomic E-state index is 13.4. The molecule has 0 aliphatic heterocycles. The molecule has 0 saturated carbocycles. The molecule has 5 nitrogen and oxygen atoms in total. The van der Waals surface area contributed by atoms with Gasteiger partial charge in [0.05, 0.1) is 16.0 Å². The van der Waals surface area contributed by atoms with Gasteiger partial charge in [0.25, 0.3) is 0 Å². The Balaban J connectivity index is 3.11. The Hall–Kier alpha value is -0.890. The third-order valence-electron chi connectivity index (χ3n) is 2.37. The molecule has 18 heavy (non-hydrogen) atoms. The standard InChI is InChI=1S/C10H11ClFNO4S/c11-6-4-8(13(16)17)7(12)3-5(6)10(15)9(14)1-2-18/h3-4,9-10,14-15,18H,1-2H2. The van der Waals surface area contributed by atoms with Crippen LogP contribution in [0.2, 0.25) is 5.02 Å². The summed E-state index contributed by atoms with van der Waals surface area (Å²) in [5.74, 6) is -0.790. The van der Waals surface area contributed by atoms with Crippen molar-refractivity contribution in [3.05, 3.63) is 38.7 Å². The van der Waals surface area contributed by atoms with E-state index in [-0.39, 0.29) is 17.0 Å². The summed E-state index contributed by atoms with van der Waals surface area (Å²) in [6, 6.07) is 1.57. The lowest BCUT2D eigenvalue weighted by Crippen LogP contribution is -2.19. The van der Waals surface area contributed by atoms with Crippen LogP contribution in [0.5, 0.6) is 0 Å². The second-order valence-electron chi connectivity index (χ2n) is 3.61. The van der Waals surface area contributed by atoms with Crippen LogP contribution in [0.25, 0.3) is 0 Å². The summed E-state index contributed by atoms with van der Waals surface area (Å²) in [5, 5.41) is 29.6. The number of hydrogen-bond acceptors (Lipinski definition) is 5. The molecular formula is C10H11ClFNO4S. The zero-order valence-electron chi connectivity index (χ0n) is 9.08. The highest BCUT2D eigenvalue weighted by atomic mass is 35.5. The van der Waals surface area contributed by atoms with Crippen LogP contribution < -0.4 is 0 Å². The number of benzene rings is 1. The van der Waals surface area contributed by atoms with Gasteiger partial charge in [0.2, 0.25) is 5.82 Å². The SMILES string of the molecule is O=[N+]([O-])c1cc(Cl)c(C(O)C(O)CCS)cc1F. The van der Waals surface area contributed by atoms with E-state index in [1.54, 1.807) is 0 Å². The molecule has 100 valence electrons. The van der Waals surface area contributed by atoms with E-state index in [0.717, 1.165) is 12.1 Å². The zero-order chi connectivity index (χ0) is 13.9. The first kappa shape index (κ1) is 15.2. The lowest BCUT2D eigenvalue weighted by molar-refractivity contribution is -0.387. The van der Waals surface area contributed by atoms with Gasteiger partial charge in [-0.05, 0) is 18.2 Å². The van der Waals surface area contributed by atoms with Crippen LogP contribution in [-0.2, 0) is 0 Å². The molecule has 1 rings (SSSR count). The lowest BCUT2D eigenvalue weighted by atomic mass is 10.0. The van der Waals surface area contributed by atoms with Gasteiger partial charge in [-0.15, -0.1) is 0 Å². The molecule has 0 saturated heterocycles. The highest BCUT2D eigenvalue weighted by Crippen LogP contribution is 2.32. The van der Waals surface area contributed by atoms with Crippen LogP contribution in [0, 0.1) is 15.9 Å². The Morgan fingerprint density at radius 1 is 1.50 bits per heavy atom. The molecule has 2 atom stereocenters. The number of aliphatic hydroxyl groups is 2. The normalized spacial score (nSPS) is 14.3. The monoisotopic (exact) mass is 295 g/mol. The number of nitro groups is 1. The van der Waals surface area contributed by atoms with Crippen molar-refractivity contribution < 1.29 is 19.5 Å². The summed E-state index contributed by atoms with van der Waals surface area (Å²) >= 11 is 9.61. The second kappa shape index (κ2) is 6.33. The fraction of sp³-hybridized carbons (Fsp3) is 0.400. The molecule has 1 aromatic rings. The molecule has 0 heterocycles. The molecule has 0 radical (unpaired) electrons. The molecule has 0 spiro atoms. The summed E-state index contributed by atoms with van der Waals surface area (Å²) in [7, 11) is 0. The van der Waals surface area contributed by atoms with E-state index < -0.39 is 28.6 Å². The molecule has 0 bridgehead atoms. The van der Waals surface area contributed by atoms with E-state index in [4.69, 9.17) is 11.6 Å². The van der Waals surface area contributed by atoms with E-state index in [2.05, 4.69) is 12.6 Å². The van der Waals surface area contributed by atoms with Crippen LogP contribution in [0.15, 0.2) is 12.1 Å². The van der Waals surface area contributed by atoms with Gasteiger partial charge in [-0.1, -0.05) is 11.6 Å². The van der Waals surface area contributed by atoms with Gasteiger partial charge >= 0.3 is 5.69 Å². The molecule has 0 aromatic heterocycles. The number of nitro benzene ring substituents is 1. The van der Waals surface area contributed by atoms with E-state index in [0.29, 0.717) is 5.75 Å². The van der Waals surface area contributed by atoms with Crippen molar-refractivity contribution in [3.8, 4) is 0 Å². The summed E-state index contributed by atoms with van der Waals surface area (Å²) in [4.78, 5) is 9.56. The quantitative estimate of drug-likeness (QED) is 0.441. The first-order valence-corrected chi connectivity index (χ1v) is 5.99. The fourth-order valence-electron chi connectivity index (χ4n) is 1.42. The molecule has 8 heteroatoms. The molecule has 0 aliphatic carbocycles. The van der Waals surface area contributed by atoms with Crippen molar-refractivity contribution in [1.82, 2.24) is 0 Å². The minimum Gasteiger partial charge on any atom is -0.390 e. The number of rotatable bonds is 5. The van der Waals surface area contributed by atoms with Crippen molar-refractivity contribution in [2.75, 3.05) is 5.75 Å². The summed E-state index contributed by atoms with van der Waals surface area (Å²) < 4.78 is 13.4. The van der Waals surface area contributed by atoms with Crippen molar-refractivity contribution in [2.24, 2.45) is 0 Å². The molecule has 0 fully saturated rings. The highest BCUT2D eigenvalue weighted by molar-refractivity contribution is 7.80. The van der Waals surface area contributed by atoms with Crippen molar-refractivity contribution >= 4 is 29.9 Å². The van der Waals surface area contributed by atoms with Crippen molar-refractivity contribution in [1.29, 1.82) is 0 Å². The van der Waals surface area contributed by atoms with Crippen LogP contribution in [0.1, 0.15) is 18.1 Å². The number of aliphatic hydroxyl groups excluding tert-OH is 2. The zero-order valence-corrected chi connectivity index (χ0v) is 10.7. The van der Waals surface area contributed by atoms with E-state index in [1.807, 2.05) is 0 Å². The first-order chi connectivity index (χ1) is 8.38. The van der Waals surface area contributed by atoms with Gasteiger partial charge in [0, 0.05) is 11.6 Å². The maximum Gasteiger partial charge on any atom is 0.306 e. The molecule has 2 N–H and O–H groups in total. The Bertz CT molecular complexity index is 460. The van der Waals surface area contributed by atoms with Gasteiger partial charge in [-0.25, -0.2) is 0 Å². The first-order valence-electron chi connectivity index (χ1n) is 4.98. The van der Waals surface area contributed by atoms with Gasteiger partial charge in [-0.3, -0.25) is 10.1 Å². The van der Waals surface area contributed by atoms with Gasteiger partial charge in [-0.2, -0.15) is 17.0 Å². The molecule has 0 amide bonds. The highest BCUT2D eigenvalue weighted by Gasteiger charge is 2.25. The molecular weight excluding hydrogens is 285 g/mol.